The summed E-state index contributed by atoms with van der Waals surface area (Å²) >= 11 is 3.79. The van der Waals surface area contributed by atoms with E-state index in [0.717, 1.165) is 0 Å². The largest absolute Gasteiger partial charge is 0.480 e. The molecule has 2 N–H and O–H groups in total. The fraction of sp³-hybridized carbons (Fsp3) is 0.667. The van der Waals surface area contributed by atoms with E-state index in [1.807, 2.05) is 0 Å². The molecule has 0 rings (SSSR count). The number of rotatable bonds is 3. The van der Waals surface area contributed by atoms with Gasteiger partial charge in [-0.25, -0.2) is 0 Å². The van der Waals surface area contributed by atoms with Gasteiger partial charge in [0.1, 0.15) is 6.04 Å². The molecule has 0 aromatic carbocycles. The number of hydrogen-bond donors (Lipinski definition) is 3. The summed E-state index contributed by atoms with van der Waals surface area (Å²) in [5.41, 5.74) is 0. The Morgan fingerprint density at radius 2 is 2.50 bits per heavy atom. The second-order valence-corrected chi connectivity index (χ2v) is 1.73. The molecule has 46 valence electrons. The minimum Gasteiger partial charge on any atom is -0.480 e. The van der Waals surface area contributed by atoms with E-state index in [0.29, 0.717) is 5.75 Å². The number of thiol groups is 1. The zero-order valence-corrected chi connectivity index (χ0v) is 5.48. The van der Waals surface area contributed by atoms with Crippen LogP contribution in [0.25, 0.3) is 0 Å². The Morgan fingerprint density at radius 1 is 2.00 bits per heavy atom. The van der Waals surface area contributed by atoms with Crippen molar-refractivity contribution >= 4 is 26.6 Å². The second-order valence-electron chi connectivity index (χ2n) is 1.36. The van der Waals surface area contributed by atoms with Crippen LogP contribution < -0.4 is 5.23 Å². The van der Waals surface area contributed by atoms with Crippen molar-refractivity contribution in [2.24, 2.45) is 0 Å². The third-order valence-electron chi connectivity index (χ3n) is 0.829. The van der Waals surface area contributed by atoms with Gasteiger partial charge in [-0.15, -0.1) is 0 Å². The Labute approximate surface area is 54.3 Å². The van der Waals surface area contributed by atoms with Crippen molar-refractivity contribution in [2.45, 2.75) is 6.04 Å². The van der Waals surface area contributed by atoms with Crippen LogP contribution in [-0.2, 0) is 4.79 Å². The fourth-order valence-electron chi connectivity index (χ4n) is 0.293. The molecule has 0 fully saturated rings. The number of hydrogen-bond acceptors (Lipinski definition) is 3. The lowest BCUT2D eigenvalue weighted by atomic mass is 10.3. The van der Waals surface area contributed by atoms with Gasteiger partial charge in [-0.05, 0) is 0 Å². The van der Waals surface area contributed by atoms with Gasteiger partial charge >= 0.3 is 5.97 Å². The third kappa shape index (κ3) is 2.23. The predicted octanol–water partition coefficient (Wildman–Crippen LogP) is -1.49. The van der Waals surface area contributed by atoms with Crippen LogP contribution in [0, 0.1) is 0 Å². The molecule has 0 aliphatic carbocycles. The van der Waals surface area contributed by atoms with Crippen molar-refractivity contribution in [3.8, 4) is 0 Å². The first-order valence-electron chi connectivity index (χ1n) is 2.23. The third-order valence-corrected chi connectivity index (χ3v) is 1.19. The number of carboxylic acids is 1. The molecule has 0 aliphatic heterocycles. The van der Waals surface area contributed by atoms with Crippen molar-refractivity contribution in [3.63, 3.8) is 0 Å². The fourth-order valence-corrected chi connectivity index (χ4v) is 0.632. The summed E-state index contributed by atoms with van der Waals surface area (Å²) in [7, 11) is 1.59. The smallest absolute Gasteiger partial charge is 0.320 e. The molecule has 8 heavy (non-hydrogen) atoms. The van der Waals surface area contributed by atoms with E-state index in [1.165, 1.54) is 0 Å². The first kappa shape index (κ1) is 7.84. The van der Waals surface area contributed by atoms with Crippen molar-refractivity contribution in [2.75, 3.05) is 5.75 Å². The maximum absolute atomic E-state index is 10.1. The van der Waals surface area contributed by atoms with Crippen LogP contribution >= 0.6 is 12.6 Å². The normalized spacial score (nSPS) is 13.1. The first-order valence-corrected chi connectivity index (χ1v) is 2.86. The van der Waals surface area contributed by atoms with E-state index in [9.17, 15) is 4.79 Å². The molecule has 0 amide bonds. The lowest BCUT2D eigenvalue weighted by Gasteiger charge is -2.04. The SMILES string of the molecule is BN[C@@H](CS)C(=O)O. The molecule has 0 aromatic rings. The summed E-state index contributed by atoms with van der Waals surface area (Å²) < 4.78 is 0. The number of aliphatic carboxylic acids is 1. The Balaban J connectivity index is 3.52. The minimum atomic E-state index is -0.859. The highest BCUT2D eigenvalue weighted by molar-refractivity contribution is 7.80. The minimum absolute atomic E-state index is 0.325. The van der Waals surface area contributed by atoms with Crippen molar-refractivity contribution in [1.82, 2.24) is 5.23 Å². The standard InChI is InChI=1S/C3H8BNO2S/c4-5-2(1-8)3(6)7/h2,5,8H,1,4H2,(H,6,7)/t2-/m0/s1. The van der Waals surface area contributed by atoms with Gasteiger partial charge < -0.3 is 10.3 Å². The van der Waals surface area contributed by atoms with Crippen LogP contribution in [0.5, 0.6) is 0 Å². The molecule has 0 heterocycles. The van der Waals surface area contributed by atoms with E-state index in [-0.39, 0.29) is 0 Å². The highest BCUT2D eigenvalue weighted by atomic mass is 32.1. The zero-order chi connectivity index (χ0) is 6.57. The van der Waals surface area contributed by atoms with Gasteiger partial charge in [0.05, 0.1) is 0 Å². The number of carbonyl (C=O) groups is 1. The molecule has 0 aliphatic rings. The number of nitrogens with one attached hydrogen (secondary N) is 1. The van der Waals surface area contributed by atoms with Gasteiger partial charge in [0.25, 0.3) is 0 Å². The average molecular weight is 133 g/mol. The van der Waals surface area contributed by atoms with Crippen LogP contribution in [0.2, 0.25) is 0 Å². The van der Waals surface area contributed by atoms with Gasteiger partial charge in [0.15, 0.2) is 7.98 Å². The lowest BCUT2D eigenvalue weighted by molar-refractivity contribution is -0.138. The molecule has 5 heteroatoms. The molecule has 1 atom stereocenters. The average Bonchev–Trinajstić information content (AvgIpc) is 1.69. The van der Waals surface area contributed by atoms with Gasteiger partial charge in [0, 0.05) is 5.75 Å². The lowest BCUT2D eigenvalue weighted by Crippen LogP contribution is -2.36. The Hall–Kier alpha value is -0.155. The Kier molecular flexibility index (Phi) is 3.73. The summed E-state index contributed by atoms with van der Waals surface area (Å²) in [6, 6.07) is -0.515. The summed E-state index contributed by atoms with van der Waals surface area (Å²) in [4.78, 5) is 10.1. The van der Waals surface area contributed by atoms with Crippen molar-refractivity contribution in [3.05, 3.63) is 0 Å². The summed E-state index contributed by atoms with van der Waals surface area (Å²) in [6.07, 6.45) is 0. The van der Waals surface area contributed by atoms with Gasteiger partial charge in [-0.3, -0.25) is 4.79 Å². The monoisotopic (exact) mass is 133 g/mol. The summed E-state index contributed by atoms with van der Waals surface area (Å²) in [6.45, 7) is 0. The molecule has 0 unspecified atom stereocenters. The number of carboxylic acid groups (broad SMARTS) is 1. The van der Waals surface area contributed by atoms with E-state index in [1.54, 1.807) is 7.98 Å². The van der Waals surface area contributed by atoms with E-state index >= 15 is 0 Å². The summed E-state index contributed by atoms with van der Waals surface area (Å²) in [5, 5.41) is 10.8. The highest BCUT2D eigenvalue weighted by Gasteiger charge is 2.10. The predicted molar refractivity (Wildman–Crippen MR) is 37.0 cm³/mol. The van der Waals surface area contributed by atoms with E-state index in [4.69, 9.17) is 5.11 Å². The molecule has 0 aromatic heterocycles. The molecule has 0 saturated heterocycles. The van der Waals surface area contributed by atoms with Crippen LogP contribution in [-0.4, -0.2) is 30.9 Å². The quantitative estimate of drug-likeness (QED) is 0.324. The molecule has 0 radical (unpaired) electrons. The maximum atomic E-state index is 10.1. The molecular formula is C3H8BNO2S. The van der Waals surface area contributed by atoms with Crippen LogP contribution in [0.3, 0.4) is 0 Å². The van der Waals surface area contributed by atoms with Gasteiger partial charge in [0.2, 0.25) is 0 Å². The van der Waals surface area contributed by atoms with Gasteiger partial charge in [-0.2, -0.15) is 12.6 Å². The molecular weight excluding hydrogens is 125 g/mol. The van der Waals surface area contributed by atoms with E-state index < -0.39 is 12.0 Å². The molecule has 0 spiro atoms. The molecule has 3 nitrogen and oxygen atoms in total. The Bertz CT molecular complexity index is 85.4. The van der Waals surface area contributed by atoms with Crippen molar-refractivity contribution < 1.29 is 9.90 Å². The second kappa shape index (κ2) is 3.80. The highest BCUT2D eigenvalue weighted by Crippen LogP contribution is 1.84. The van der Waals surface area contributed by atoms with Gasteiger partial charge in [-0.1, -0.05) is 0 Å². The first-order chi connectivity index (χ1) is 3.72. The van der Waals surface area contributed by atoms with E-state index in [2.05, 4.69) is 17.9 Å². The topological polar surface area (TPSA) is 49.3 Å². The van der Waals surface area contributed by atoms with Crippen LogP contribution in [0.1, 0.15) is 0 Å². The molecule has 0 saturated carbocycles. The molecule has 0 bridgehead atoms. The maximum Gasteiger partial charge on any atom is 0.320 e. The van der Waals surface area contributed by atoms with Crippen LogP contribution in [0.15, 0.2) is 0 Å². The summed E-state index contributed by atoms with van der Waals surface area (Å²) in [5.74, 6) is -0.534. The van der Waals surface area contributed by atoms with Crippen LogP contribution in [0.4, 0.5) is 0 Å². The zero-order valence-electron chi connectivity index (χ0n) is 4.59. The van der Waals surface area contributed by atoms with Crippen molar-refractivity contribution in [1.29, 1.82) is 0 Å². The Morgan fingerprint density at radius 3 is 2.50 bits per heavy atom.